The highest BCUT2D eigenvalue weighted by atomic mass is 16.5. The van der Waals surface area contributed by atoms with Crippen molar-refractivity contribution >= 4 is 5.97 Å². The SMILES string of the molecule is C[C@]12CC[C@H](O)C[C@H]1CC[C@@H]1[C@@H]2CC[C@]2(C)C(C3=CC(=O)OC3)=CC[C@]12O. The van der Waals surface area contributed by atoms with E-state index in [4.69, 9.17) is 4.74 Å². The Balaban J connectivity index is 1.48. The first-order chi connectivity index (χ1) is 12.8. The summed E-state index contributed by atoms with van der Waals surface area (Å²) in [5, 5.41) is 22.2. The molecule has 1 heterocycles. The average Bonchev–Trinajstić information content (AvgIpc) is 3.16. The number of fused-ring (bicyclic) bond motifs is 5. The molecule has 4 nitrogen and oxygen atoms in total. The standard InChI is InChI=1S/C23H32O4/c1-21-8-5-16(24)12-15(21)3-4-19-18(21)6-9-22(2)17(7-10-23(19,22)26)14-11-20(25)27-13-14/h7,11,15-16,18-19,24,26H,3-6,8-10,12-13H2,1-2H3/t15-,16+,18+,19-,21+,22-,23+/m1/s1. The number of carbonyl (C=O) groups is 1. The number of carbonyl (C=O) groups excluding carboxylic acids is 1. The Kier molecular flexibility index (Phi) is 3.78. The third-order valence-electron chi connectivity index (χ3n) is 9.41. The van der Waals surface area contributed by atoms with Gasteiger partial charge < -0.3 is 14.9 Å². The van der Waals surface area contributed by atoms with E-state index in [2.05, 4.69) is 19.9 Å². The molecule has 0 aromatic rings. The summed E-state index contributed by atoms with van der Waals surface area (Å²) < 4.78 is 5.16. The predicted molar refractivity (Wildman–Crippen MR) is 102 cm³/mol. The van der Waals surface area contributed by atoms with Gasteiger partial charge in [-0.3, -0.25) is 0 Å². The van der Waals surface area contributed by atoms with Gasteiger partial charge in [0.1, 0.15) is 6.61 Å². The molecule has 0 radical (unpaired) electrons. The predicted octanol–water partition coefficient (Wildman–Crippen LogP) is 3.52. The third kappa shape index (κ3) is 2.26. The van der Waals surface area contributed by atoms with Crippen LogP contribution in [-0.2, 0) is 9.53 Å². The van der Waals surface area contributed by atoms with E-state index in [1.54, 1.807) is 6.08 Å². The first-order valence-corrected chi connectivity index (χ1v) is 10.8. The Morgan fingerprint density at radius 3 is 2.67 bits per heavy atom. The molecule has 4 heteroatoms. The van der Waals surface area contributed by atoms with E-state index in [0.29, 0.717) is 30.8 Å². The molecule has 4 aliphatic carbocycles. The maximum absolute atomic E-state index is 12.1. The van der Waals surface area contributed by atoms with E-state index in [-0.39, 0.29) is 22.9 Å². The van der Waals surface area contributed by atoms with Crippen LogP contribution in [0.4, 0.5) is 0 Å². The van der Waals surface area contributed by atoms with Crippen LogP contribution in [0.3, 0.4) is 0 Å². The number of esters is 1. The van der Waals surface area contributed by atoms with Gasteiger partial charge in [0, 0.05) is 17.1 Å². The Morgan fingerprint density at radius 2 is 1.93 bits per heavy atom. The molecule has 148 valence electrons. The van der Waals surface area contributed by atoms with Gasteiger partial charge in [0.2, 0.25) is 0 Å². The molecule has 0 bridgehead atoms. The van der Waals surface area contributed by atoms with Crippen molar-refractivity contribution in [2.75, 3.05) is 6.61 Å². The minimum Gasteiger partial charge on any atom is -0.458 e. The quantitative estimate of drug-likeness (QED) is 0.691. The molecule has 0 aromatic carbocycles. The molecule has 3 fully saturated rings. The molecule has 5 aliphatic rings. The smallest absolute Gasteiger partial charge is 0.331 e. The van der Waals surface area contributed by atoms with Crippen LogP contribution in [0.5, 0.6) is 0 Å². The fourth-order valence-corrected chi connectivity index (χ4v) is 7.79. The summed E-state index contributed by atoms with van der Waals surface area (Å²) in [5.74, 6) is 1.17. The third-order valence-corrected chi connectivity index (χ3v) is 9.41. The highest BCUT2D eigenvalue weighted by molar-refractivity contribution is 5.86. The molecule has 0 saturated heterocycles. The summed E-state index contributed by atoms with van der Waals surface area (Å²) in [5.41, 5.74) is 1.36. The molecule has 5 rings (SSSR count). The molecule has 7 atom stereocenters. The maximum atomic E-state index is 12.1. The maximum Gasteiger partial charge on any atom is 0.331 e. The number of hydrogen-bond donors (Lipinski definition) is 2. The zero-order valence-electron chi connectivity index (χ0n) is 16.5. The fourth-order valence-electron chi connectivity index (χ4n) is 7.79. The van der Waals surface area contributed by atoms with Gasteiger partial charge in [-0.15, -0.1) is 0 Å². The lowest BCUT2D eigenvalue weighted by atomic mass is 9.43. The van der Waals surface area contributed by atoms with Gasteiger partial charge in [-0.1, -0.05) is 19.9 Å². The topological polar surface area (TPSA) is 66.8 Å². The van der Waals surface area contributed by atoms with Crippen molar-refractivity contribution in [2.45, 2.75) is 76.9 Å². The van der Waals surface area contributed by atoms with Gasteiger partial charge in [-0.25, -0.2) is 4.79 Å². The van der Waals surface area contributed by atoms with Crippen LogP contribution in [0.2, 0.25) is 0 Å². The summed E-state index contributed by atoms with van der Waals surface area (Å²) in [6, 6.07) is 0. The molecular weight excluding hydrogens is 340 g/mol. The lowest BCUT2D eigenvalue weighted by molar-refractivity contribution is -0.197. The van der Waals surface area contributed by atoms with Crippen molar-refractivity contribution in [1.29, 1.82) is 0 Å². The lowest BCUT2D eigenvalue weighted by Crippen LogP contribution is -2.62. The normalized spacial score (nSPS) is 51.6. The molecular formula is C23H32O4. The molecule has 2 N–H and O–H groups in total. The van der Waals surface area contributed by atoms with Crippen LogP contribution in [0.15, 0.2) is 23.3 Å². The molecule has 0 aromatic heterocycles. The highest BCUT2D eigenvalue weighted by Gasteiger charge is 2.65. The van der Waals surface area contributed by atoms with Gasteiger partial charge in [0.05, 0.1) is 11.7 Å². The van der Waals surface area contributed by atoms with Gasteiger partial charge >= 0.3 is 5.97 Å². The lowest BCUT2D eigenvalue weighted by Gasteiger charge is -2.63. The van der Waals surface area contributed by atoms with Crippen LogP contribution in [0.1, 0.15) is 65.2 Å². The van der Waals surface area contributed by atoms with E-state index in [0.717, 1.165) is 56.1 Å². The van der Waals surface area contributed by atoms with Gasteiger partial charge in [-0.2, -0.15) is 0 Å². The number of hydrogen-bond acceptors (Lipinski definition) is 4. The van der Waals surface area contributed by atoms with Crippen molar-refractivity contribution in [1.82, 2.24) is 0 Å². The number of aliphatic hydroxyl groups is 2. The Morgan fingerprint density at radius 1 is 1.11 bits per heavy atom. The number of aliphatic hydroxyl groups excluding tert-OH is 1. The summed E-state index contributed by atoms with van der Waals surface area (Å²) in [4.78, 5) is 11.6. The molecule has 0 amide bonds. The van der Waals surface area contributed by atoms with Crippen molar-refractivity contribution in [3.05, 3.63) is 23.3 Å². The molecule has 1 aliphatic heterocycles. The summed E-state index contributed by atoms with van der Waals surface area (Å²) >= 11 is 0. The first-order valence-electron chi connectivity index (χ1n) is 10.8. The largest absolute Gasteiger partial charge is 0.458 e. The molecule has 3 saturated carbocycles. The van der Waals surface area contributed by atoms with Crippen molar-refractivity contribution in [2.24, 2.45) is 28.6 Å². The number of cyclic esters (lactones) is 1. The number of rotatable bonds is 1. The molecule has 0 unspecified atom stereocenters. The highest BCUT2D eigenvalue weighted by Crippen LogP contribution is 2.68. The monoisotopic (exact) mass is 372 g/mol. The molecule has 0 spiro atoms. The van der Waals surface area contributed by atoms with Gasteiger partial charge in [0.15, 0.2) is 0 Å². The van der Waals surface area contributed by atoms with Crippen molar-refractivity contribution < 1.29 is 19.7 Å². The second-order valence-electron chi connectivity index (χ2n) is 10.3. The summed E-state index contributed by atoms with van der Waals surface area (Å²) in [6.45, 7) is 4.99. The zero-order chi connectivity index (χ0) is 19.0. The van der Waals surface area contributed by atoms with Gasteiger partial charge in [0.25, 0.3) is 0 Å². The van der Waals surface area contributed by atoms with E-state index in [1.165, 1.54) is 0 Å². The van der Waals surface area contributed by atoms with E-state index < -0.39 is 5.60 Å². The summed E-state index contributed by atoms with van der Waals surface area (Å²) in [6.07, 6.45) is 11.6. The fraction of sp³-hybridized carbons (Fsp3) is 0.783. The van der Waals surface area contributed by atoms with E-state index in [9.17, 15) is 15.0 Å². The first kappa shape index (κ1) is 17.9. The Hall–Kier alpha value is -1.13. The van der Waals surface area contributed by atoms with Crippen LogP contribution in [-0.4, -0.2) is 34.5 Å². The molecule has 27 heavy (non-hydrogen) atoms. The van der Waals surface area contributed by atoms with Crippen LogP contribution in [0.25, 0.3) is 0 Å². The van der Waals surface area contributed by atoms with E-state index >= 15 is 0 Å². The minimum absolute atomic E-state index is 0.136. The van der Waals surface area contributed by atoms with E-state index in [1.807, 2.05) is 0 Å². The van der Waals surface area contributed by atoms with Crippen LogP contribution < -0.4 is 0 Å². The van der Waals surface area contributed by atoms with Crippen molar-refractivity contribution in [3.8, 4) is 0 Å². The summed E-state index contributed by atoms with van der Waals surface area (Å²) in [7, 11) is 0. The Labute approximate surface area is 161 Å². The second kappa shape index (κ2) is 5.70. The minimum atomic E-state index is -0.720. The second-order valence-corrected chi connectivity index (χ2v) is 10.3. The van der Waals surface area contributed by atoms with Crippen LogP contribution >= 0.6 is 0 Å². The zero-order valence-corrected chi connectivity index (χ0v) is 16.5. The van der Waals surface area contributed by atoms with Gasteiger partial charge in [-0.05, 0) is 80.1 Å². The Bertz CT molecular complexity index is 739. The average molecular weight is 373 g/mol. The number of ether oxygens (including phenoxy) is 1. The van der Waals surface area contributed by atoms with Crippen molar-refractivity contribution in [3.63, 3.8) is 0 Å². The van der Waals surface area contributed by atoms with Crippen LogP contribution in [0, 0.1) is 28.6 Å².